The second kappa shape index (κ2) is 16.5. The van der Waals surface area contributed by atoms with Crippen LogP contribution in [0.2, 0.25) is 0 Å². The largest absolute Gasteiger partial charge is 0.494 e. The topological polar surface area (TPSA) is 82.8 Å². The number of carbonyl (C=O) groups is 1. The highest BCUT2D eigenvalue weighted by Crippen LogP contribution is 2.28. The lowest BCUT2D eigenvalue weighted by Crippen LogP contribution is -2.12. The van der Waals surface area contributed by atoms with Crippen LogP contribution in [0.4, 0.5) is 0 Å². The molecule has 0 aliphatic carbocycles. The first kappa shape index (κ1) is 32.6. The summed E-state index contributed by atoms with van der Waals surface area (Å²) in [5.74, 6) is 0.0323. The van der Waals surface area contributed by atoms with Gasteiger partial charge in [0.05, 0.1) is 19.6 Å². The molecule has 0 amide bonds. The lowest BCUT2D eigenvalue weighted by molar-refractivity contribution is -0.233. The maximum atomic E-state index is 11.7. The molecule has 0 saturated heterocycles. The van der Waals surface area contributed by atoms with Gasteiger partial charge in [-0.2, -0.15) is 9.99 Å². The Morgan fingerprint density at radius 2 is 1.65 bits per heavy atom. The minimum atomic E-state index is -0.609. The quantitative estimate of drug-likeness (QED) is 0.112. The van der Waals surface area contributed by atoms with Crippen molar-refractivity contribution in [2.45, 2.75) is 86.1 Å². The number of rotatable bonds is 12. The summed E-state index contributed by atoms with van der Waals surface area (Å²) in [4.78, 5) is 15.8. The summed E-state index contributed by atoms with van der Waals surface area (Å²) in [5.41, 5.74) is 11.1. The zero-order valence-corrected chi connectivity index (χ0v) is 25.3. The molecular formula is C34H47N2O4+. The highest BCUT2D eigenvalue weighted by Gasteiger charge is 2.14. The van der Waals surface area contributed by atoms with E-state index in [1.807, 2.05) is 39.0 Å². The van der Waals surface area contributed by atoms with Gasteiger partial charge in [0.15, 0.2) is 0 Å². The lowest BCUT2D eigenvalue weighted by atomic mass is 9.87. The molecule has 0 heterocycles. The van der Waals surface area contributed by atoms with Crippen LogP contribution in [0, 0.1) is 0 Å². The fourth-order valence-corrected chi connectivity index (χ4v) is 4.28. The molecule has 3 N–H and O–H groups in total. The molecule has 0 radical (unpaired) electrons. The van der Waals surface area contributed by atoms with Crippen molar-refractivity contribution < 1.29 is 19.7 Å². The van der Waals surface area contributed by atoms with Crippen molar-refractivity contribution in [3.8, 4) is 16.9 Å². The summed E-state index contributed by atoms with van der Waals surface area (Å²) in [5, 5.41) is 11.4. The van der Waals surface area contributed by atoms with Gasteiger partial charge in [0.25, 0.3) is 0 Å². The molecule has 0 spiro atoms. The van der Waals surface area contributed by atoms with Gasteiger partial charge in [0.1, 0.15) is 5.75 Å². The van der Waals surface area contributed by atoms with Crippen LogP contribution in [0.25, 0.3) is 11.1 Å². The zero-order valence-electron chi connectivity index (χ0n) is 25.3. The molecule has 0 fully saturated rings. The molecule has 0 aliphatic heterocycles. The number of benzene rings is 3. The van der Waals surface area contributed by atoms with E-state index in [4.69, 9.17) is 9.99 Å². The van der Waals surface area contributed by atoms with E-state index in [0.29, 0.717) is 18.9 Å². The molecule has 0 aromatic heterocycles. The number of aryl methyl sites for hydroxylation is 1. The number of nitrogens with zero attached hydrogens (tertiary/aromatic N) is 1. The molecule has 0 unspecified atom stereocenters. The Morgan fingerprint density at radius 1 is 0.950 bits per heavy atom. The van der Waals surface area contributed by atoms with Gasteiger partial charge in [-0.25, -0.2) is 10.1 Å². The first-order chi connectivity index (χ1) is 19.2. The van der Waals surface area contributed by atoms with E-state index < -0.39 is 5.97 Å². The molecule has 3 aromatic carbocycles. The highest BCUT2D eigenvalue weighted by molar-refractivity contribution is 5.81. The fraction of sp³-hybridized carbons (Fsp3) is 0.412. The van der Waals surface area contributed by atoms with E-state index in [9.17, 15) is 4.79 Å². The number of hydrogen-bond donors (Lipinski definition) is 1. The van der Waals surface area contributed by atoms with E-state index in [2.05, 4.69) is 91.6 Å². The van der Waals surface area contributed by atoms with Gasteiger partial charge in [0.2, 0.25) is 0 Å². The third-order valence-corrected chi connectivity index (χ3v) is 6.45. The zero-order chi connectivity index (χ0) is 29.5. The number of hydrazone groups is 1. The van der Waals surface area contributed by atoms with Crippen molar-refractivity contribution in [2.24, 2.45) is 5.10 Å². The van der Waals surface area contributed by atoms with Crippen molar-refractivity contribution in [3.05, 3.63) is 89.0 Å². The van der Waals surface area contributed by atoms with Crippen molar-refractivity contribution in [1.82, 2.24) is 5.43 Å². The summed E-state index contributed by atoms with van der Waals surface area (Å²) < 4.78 is 5.66. The average Bonchev–Trinajstić information content (AvgIpc) is 2.95. The molecular weight excluding hydrogens is 500 g/mol. The Hall–Kier alpha value is -3.64. The Morgan fingerprint density at radius 3 is 2.30 bits per heavy atom. The molecule has 0 saturated carbocycles. The van der Waals surface area contributed by atoms with E-state index in [1.54, 1.807) is 0 Å². The van der Waals surface area contributed by atoms with Crippen LogP contribution < -0.4 is 10.2 Å². The van der Waals surface area contributed by atoms with Gasteiger partial charge >= 0.3 is 5.97 Å². The van der Waals surface area contributed by atoms with Crippen molar-refractivity contribution in [1.29, 1.82) is 0 Å². The smallest absolute Gasteiger partial charge is 0.393 e. The van der Waals surface area contributed by atoms with Crippen molar-refractivity contribution in [2.75, 3.05) is 6.61 Å². The van der Waals surface area contributed by atoms with Crippen molar-refractivity contribution >= 4 is 11.7 Å². The molecule has 0 aliphatic rings. The predicted molar refractivity (Wildman–Crippen MR) is 166 cm³/mol. The van der Waals surface area contributed by atoms with Crippen LogP contribution in [0.5, 0.6) is 5.75 Å². The van der Waals surface area contributed by atoms with Crippen LogP contribution in [0.3, 0.4) is 0 Å². The summed E-state index contributed by atoms with van der Waals surface area (Å²) in [6.45, 7) is 15.9. The second-order valence-electron chi connectivity index (χ2n) is 10.6. The average molecular weight is 548 g/mol. The van der Waals surface area contributed by atoms with Gasteiger partial charge in [-0.05, 0) is 78.5 Å². The Kier molecular flexibility index (Phi) is 13.4. The van der Waals surface area contributed by atoms with Gasteiger partial charge < -0.3 is 10.2 Å². The summed E-state index contributed by atoms with van der Waals surface area (Å²) in [6.07, 6.45) is 2.87. The maximum Gasteiger partial charge on any atom is 0.393 e. The van der Waals surface area contributed by atoms with Crippen LogP contribution in [-0.4, -0.2) is 23.5 Å². The van der Waals surface area contributed by atoms with Crippen molar-refractivity contribution in [3.63, 3.8) is 0 Å². The molecule has 0 atom stereocenters. The third kappa shape index (κ3) is 10.5. The van der Waals surface area contributed by atoms with Gasteiger partial charge in [-0.3, -0.25) is 0 Å². The fourth-order valence-electron chi connectivity index (χ4n) is 4.28. The van der Waals surface area contributed by atoms with Gasteiger partial charge in [-0.1, -0.05) is 89.2 Å². The predicted octanol–water partition coefficient (Wildman–Crippen LogP) is 7.29. The summed E-state index contributed by atoms with van der Waals surface area (Å²) in [7, 11) is 0. The highest BCUT2D eigenvalue weighted by atomic mass is 17.1. The van der Waals surface area contributed by atoms with E-state index >= 15 is 0 Å². The molecule has 3 aromatic rings. The first-order valence-corrected chi connectivity index (χ1v) is 14.3. The normalized spacial score (nSPS) is 11.3. The molecule has 40 heavy (non-hydrogen) atoms. The second-order valence-corrected chi connectivity index (χ2v) is 10.6. The Bertz CT molecular complexity index is 1230. The number of hydrogen-bond acceptors (Lipinski definition) is 5. The Labute approximate surface area is 240 Å². The standard InChI is InChI=1S/C32H40N2O4.C2H6/c1-6-37-30-18-15-27(20-28(30)21-31(35)38-36)26-12-8-11-24(19-26)10-7-9-23(2)34-33-22-25-13-16-29(17-14-25)32(3,4)5;1-2/h8,11-20,33,36H,6-7,9-10,21-22H2,1-5H3;1-2H3/p+1/b34-23+;. The number of ether oxygens (including phenoxy) is 1. The SMILES string of the molecule is CC.CCOc1ccc(-c2cccc(CCC/C(C)=N/NCc3ccc(C(C)(C)C)cc3)c2)cc1CC(=O)O[OH2+]. The monoisotopic (exact) mass is 547 g/mol. The van der Waals surface area contributed by atoms with E-state index in [1.165, 1.54) is 16.7 Å². The first-order valence-electron chi connectivity index (χ1n) is 14.3. The minimum absolute atomic E-state index is 0.00123. The third-order valence-electron chi connectivity index (χ3n) is 6.45. The number of carbonyl (C=O) groups excluding carboxylic acids is 1. The summed E-state index contributed by atoms with van der Waals surface area (Å²) >= 11 is 0. The van der Waals surface area contributed by atoms with E-state index in [-0.39, 0.29) is 11.8 Å². The summed E-state index contributed by atoms with van der Waals surface area (Å²) in [6, 6.07) is 23.0. The van der Waals surface area contributed by atoms with Crippen LogP contribution in [-0.2, 0) is 34.5 Å². The van der Waals surface area contributed by atoms with Crippen LogP contribution >= 0.6 is 0 Å². The molecule has 6 heteroatoms. The lowest BCUT2D eigenvalue weighted by Gasteiger charge is -2.19. The van der Waals surface area contributed by atoms with Gasteiger partial charge in [0, 0.05) is 11.3 Å². The molecule has 6 nitrogen and oxygen atoms in total. The van der Waals surface area contributed by atoms with Crippen LogP contribution in [0.15, 0.2) is 71.8 Å². The Balaban J connectivity index is 0.00000274. The van der Waals surface area contributed by atoms with E-state index in [0.717, 1.165) is 41.7 Å². The molecule has 216 valence electrons. The minimum Gasteiger partial charge on any atom is -0.494 e. The molecule has 0 bridgehead atoms. The maximum absolute atomic E-state index is 11.7. The van der Waals surface area contributed by atoms with Crippen LogP contribution in [0.1, 0.15) is 83.6 Å². The van der Waals surface area contributed by atoms with Gasteiger partial charge in [-0.15, -0.1) is 0 Å². The number of nitrogens with one attached hydrogen (secondary N) is 1. The molecule has 3 rings (SSSR count).